The van der Waals surface area contributed by atoms with Gasteiger partial charge in [0.05, 0.1) is 16.9 Å². The van der Waals surface area contributed by atoms with Crippen LogP contribution in [-0.2, 0) is 0 Å². The molecule has 1 heterocycles. The monoisotopic (exact) mass is 289 g/mol. The Labute approximate surface area is 129 Å². The summed E-state index contributed by atoms with van der Waals surface area (Å²) >= 11 is 0. The van der Waals surface area contributed by atoms with Crippen molar-refractivity contribution in [3.05, 3.63) is 90.8 Å². The lowest BCUT2D eigenvalue weighted by Gasteiger charge is -2.25. The van der Waals surface area contributed by atoms with Crippen LogP contribution in [0.25, 0.3) is 0 Å². The lowest BCUT2D eigenvalue weighted by molar-refractivity contribution is 0.0953. The van der Waals surface area contributed by atoms with E-state index in [-0.39, 0.29) is 5.91 Å². The number of hydrazine groups is 1. The van der Waals surface area contributed by atoms with Gasteiger partial charge in [0.1, 0.15) is 0 Å². The Hall–Kier alpha value is -3.14. The van der Waals surface area contributed by atoms with Gasteiger partial charge in [-0.05, 0) is 36.4 Å². The smallest absolute Gasteiger partial charge is 0.267 e. The Morgan fingerprint density at radius 3 is 1.91 bits per heavy atom. The van der Waals surface area contributed by atoms with Crippen molar-refractivity contribution in [2.45, 2.75) is 0 Å². The number of aromatic nitrogens is 1. The Bertz CT molecular complexity index is 691. The van der Waals surface area contributed by atoms with Gasteiger partial charge in [0.25, 0.3) is 5.91 Å². The topological polar surface area (TPSA) is 45.2 Å². The third kappa shape index (κ3) is 3.12. The van der Waals surface area contributed by atoms with Crippen LogP contribution in [0.15, 0.2) is 85.2 Å². The summed E-state index contributed by atoms with van der Waals surface area (Å²) < 4.78 is 0. The number of carbonyl (C=O) groups is 1. The highest BCUT2D eigenvalue weighted by atomic mass is 16.2. The van der Waals surface area contributed by atoms with E-state index in [0.29, 0.717) is 5.56 Å². The number of anilines is 2. The number of rotatable bonds is 4. The van der Waals surface area contributed by atoms with E-state index in [1.807, 2.05) is 60.7 Å². The van der Waals surface area contributed by atoms with Crippen LogP contribution in [0.1, 0.15) is 10.4 Å². The summed E-state index contributed by atoms with van der Waals surface area (Å²) in [7, 11) is 0. The van der Waals surface area contributed by atoms with Crippen LogP contribution in [0.5, 0.6) is 0 Å². The van der Waals surface area contributed by atoms with Crippen molar-refractivity contribution in [1.29, 1.82) is 0 Å². The predicted octanol–water partition coefficient (Wildman–Crippen LogP) is 3.56. The van der Waals surface area contributed by atoms with E-state index in [2.05, 4.69) is 10.4 Å². The van der Waals surface area contributed by atoms with Crippen LogP contribution in [-0.4, -0.2) is 10.9 Å². The first-order valence-corrected chi connectivity index (χ1v) is 6.96. The zero-order valence-corrected chi connectivity index (χ0v) is 11.9. The highest BCUT2D eigenvalue weighted by molar-refractivity contribution is 5.95. The number of hydrogen-bond donors (Lipinski definition) is 1. The molecule has 0 aliphatic rings. The molecule has 108 valence electrons. The summed E-state index contributed by atoms with van der Waals surface area (Å²) in [6, 6.07) is 22.8. The SMILES string of the molecule is O=C(NN(c1ccccc1)c1ccccc1)c1cccnc1. The lowest BCUT2D eigenvalue weighted by atomic mass is 10.2. The molecule has 0 aliphatic carbocycles. The van der Waals surface area contributed by atoms with E-state index in [1.165, 1.54) is 0 Å². The first-order chi connectivity index (χ1) is 10.8. The first-order valence-electron chi connectivity index (χ1n) is 6.96. The van der Waals surface area contributed by atoms with Gasteiger partial charge in [-0.3, -0.25) is 20.2 Å². The number of amides is 1. The summed E-state index contributed by atoms with van der Waals surface area (Å²) in [4.78, 5) is 16.4. The highest BCUT2D eigenvalue weighted by Crippen LogP contribution is 2.22. The molecule has 0 bridgehead atoms. The molecule has 0 spiro atoms. The first kappa shape index (κ1) is 13.8. The van der Waals surface area contributed by atoms with E-state index in [9.17, 15) is 4.79 Å². The largest absolute Gasteiger partial charge is 0.271 e. The van der Waals surface area contributed by atoms with Crippen LogP contribution < -0.4 is 10.4 Å². The van der Waals surface area contributed by atoms with Gasteiger partial charge in [-0.25, -0.2) is 0 Å². The number of pyridine rings is 1. The van der Waals surface area contributed by atoms with Gasteiger partial charge in [0.2, 0.25) is 0 Å². The summed E-state index contributed by atoms with van der Waals surface area (Å²) in [5.41, 5.74) is 5.19. The minimum absolute atomic E-state index is 0.208. The maximum Gasteiger partial charge on any atom is 0.271 e. The molecule has 2 aromatic carbocycles. The number of hydrogen-bond acceptors (Lipinski definition) is 3. The Morgan fingerprint density at radius 1 is 0.818 bits per heavy atom. The Balaban J connectivity index is 1.91. The van der Waals surface area contributed by atoms with Crippen LogP contribution in [0.4, 0.5) is 11.4 Å². The van der Waals surface area contributed by atoms with Crippen LogP contribution in [0.2, 0.25) is 0 Å². The second kappa shape index (κ2) is 6.54. The third-order valence-corrected chi connectivity index (χ3v) is 3.17. The number of para-hydroxylation sites is 2. The van der Waals surface area contributed by atoms with E-state index >= 15 is 0 Å². The number of nitrogens with one attached hydrogen (secondary N) is 1. The van der Waals surface area contributed by atoms with E-state index in [1.54, 1.807) is 29.5 Å². The Kier molecular flexibility index (Phi) is 4.11. The highest BCUT2D eigenvalue weighted by Gasteiger charge is 2.13. The van der Waals surface area contributed by atoms with E-state index < -0.39 is 0 Å². The summed E-state index contributed by atoms with van der Waals surface area (Å²) in [5, 5.41) is 1.76. The minimum Gasteiger partial charge on any atom is -0.267 e. The quantitative estimate of drug-likeness (QED) is 0.747. The third-order valence-electron chi connectivity index (χ3n) is 3.17. The standard InChI is InChI=1S/C18H15N3O/c22-18(15-8-7-13-19-14-15)20-21(16-9-3-1-4-10-16)17-11-5-2-6-12-17/h1-14H,(H,20,22). The molecular formula is C18H15N3O. The fraction of sp³-hybridized carbons (Fsp3) is 0. The van der Waals surface area contributed by atoms with E-state index in [4.69, 9.17) is 0 Å². The molecule has 0 aliphatic heterocycles. The zero-order chi connectivity index (χ0) is 15.2. The van der Waals surface area contributed by atoms with Crippen molar-refractivity contribution in [2.24, 2.45) is 0 Å². The second-order valence-corrected chi connectivity index (χ2v) is 4.69. The van der Waals surface area contributed by atoms with E-state index in [0.717, 1.165) is 11.4 Å². The number of nitrogens with zero attached hydrogens (tertiary/aromatic N) is 2. The van der Waals surface area contributed by atoms with Crippen LogP contribution in [0.3, 0.4) is 0 Å². The van der Waals surface area contributed by atoms with Crippen molar-refractivity contribution in [3.63, 3.8) is 0 Å². The maximum absolute atomic E-state index is 12.4. The maximum atomic E-state index is 12.4. The average molecular weight is 289 g/mol. The summed E-state index contributed by atoms with van der Waals surface area (Å²) in [6.45, 7) is 0. The van der Waals surface area contributed by atoms with Crippen molar-refractivity contribution in [3.8, 4) is 0 Å². The lowest BCUT2D eigenvalue weighted by Crippen LogP contribution is -2.38. The fourth-order valence-electron chi connectivity index (χ4n) is 2.10. The molecule has 3 rings (SSSR count). The fourth-order valence-corrected chi connectivity index (χ4v) is 2.10. The van der Waals surface area contributed by atoms with Crippen LogP contribution in [0, 0.1) is 0 Å². The van der Waals surface area contributed by atoms with Gasteiger partial charge in [-0.1, -0.05) is 36.4 Å². The van der Waals surface area contributed by atoms with Crippen LogP contribution >= 0.6 is 0 Å². The van der Waals surface area contributed by atoms with Gasteiger partial charge in [-0.15, -0.1) is 0 Å². The summed E-state index contributed by atoms with van der Waals surface area (Å²) in [5.74, 6) is -0.208. The van der Waals surface area contributed by atoms with Gasteiger partial charge in [0.15, 0.2) is 0 Å². The molecule has 4 nitrogen and oxygen atoms in total. The minimum atomic E-state index is -0.208. The van der Waals surface area contributed by atoms with Gasteiger partial charge < -0.3 is 0 Å². The molecule has 0 atom stereocenters. The normalized spacial score (nSPS) is 10.0. The number of carbonyl (C=O) groups excluding carboxylic acids is 1. The molecule has 0 saturated heterocycles. The molecule has 0 fully saturated rings. The molecular weight excluding hydrogens is 274 g/mol. The van der Waals surface area contributed by atoms with Gasteiger partial charge >= 0.3 is 0 Å². The van der Waals surface area contributed by atoms with Crippen molar-refractivity contribution in [2.75, 3.05) is 5.01 Å². The van der Waals surface area contributed by atoms with Crippen molar-refractivity contribution >= 4 is 17.3 Å². The van der Waals surface area contributed by atoms with Gasteiger partial charge in [-0.2, -0.15) is 0 Å². The molecule has 4 heteroatoms. The molecule has 1 aromatic heterocycles. The molecule has 1 N–H and O–H groups in total. The van der Waals surface area contributed by atoms with Crippen molar-refractivity contribution in [1.82, 2.24) is 10.4 Å². The molecule has 0 saturated carbocycles. The van der Waals surface area contributed by atoms with Crippen molar-refractivity contribution < 1.29 is 4.79 Å². The molecule has 1 amide bonds. The van der Waals surface area contributed by atoms with Gasteiger partial charge in [0, 0.05) is 12.4 Å². The average Bonchev–Trinajstić information content (AvgIpc) is 2.62. The predicted molar refractivity (Wildman–Crippen MR) is 86.7 cm³/mol. The number of benzene rings is 2. The molecule has 0 unspecified atom stereocenters. The zero-order valence-electron chi connectivity index (χ0n) is 11.9. The Morgan fingerprint density at radius 2 is 1.41 bits per heavy atom. The molecule has 22 heavy (non-hydrogen) atoms. The summed E-state index contributed by atoms with van der Waals surface area (Å²) in [6.07, 6.45) is 3.19. The molecule has 3 aromatic rings. The second-order valence-electron chi connectivity index (χ2n) is 4.69. The molecule has 0 radical (unpaired) electrons.